The van der Waals surface area contributed by atoms with Crippen LogP contribution in [0.1, 0.15) is 32.1 Å². The molecule has 3 rings (SSSR count). The average molecular weight is 301 g/mol. The number of nitrogens with zero attached hydrogens (tertiary/aromatic N) is 1. The van der Waals surface area contributed by atoms with E-state index in [-0.39, 0.29) is 18.4 Å². The van der Waals surface area contributed by atoms with Crippen LogP contribution in [0.3, 0.4) is 0 Å². The molecule has 0 radical (unpaired) electrons. The standard InChI is InChI=1S/C16H19N3O3/c20-13(17-12-7-3-1-4-8-12)11-19-14(21)16(18-15(19)22)9-5-2-6-10-16/h1,3-4,7-8H,2,5-6,9-11H2,(H,17,20)(H,18,22). The fourth-order valence-electron chi connectivity index (χ4n) is 3.18. The van der Waals surface area contributed by atoms with Gasteiger partial charge in [-0.3, -0.25) is 14.5 Å². The minimum atomic E-state index is -0.775. The zero-order valence-electron chi connectivity index (χ0n) is 12.3. The summed E-state index contributed by atoms with van der Waals surface area (Å²) < 4.78 is 0. The van der Waals surface area contributed by atoms with Crippen LogP contribution in [-0.2, 0) is 9.59 Å². The number of urea groups is 1. The Morgan fingerprint density at radius 3 is 2.50 bits per heavy atom. The zero-order valence-corrected chi connectivity index (χ0v) is 12.3. The predicted octanol–water partition coefficient (Wildman–Crippen LogP) is 1.88. The summed E-state index contributed by atoms with van der Waals surface area (Å²) in [5, 5.41) is 5.48. The van der Waals surface area contributed by atoms with E-state index in [9.17, 15) is 14.4 Å². The van der Waals surface area contributed by atoms with Crippen LogP contribution >= 0.6 is 0 Å². The minimum Gasteiger partial charge on any atom is -0.325 e. The fraction of sp³-hybridized carbons (Fsp3) is 0.438. The second-order valence-corrected chi connectivity index (χ2v) is 5.88. The summed E-state index contributed by atoms with van der Waals surface area (Å²) in [5.41, 5.74) is -0.130. The van der Waals surface area contributed by atoms with Crippen molar-refractivity contribution < 1.29 is 14.4 Å². The molecule has 0 unspecified atom stereocenters. The molecular weight excluding hydrogens is 282 g/mol. The largest absolute Gasteiger partial charge is 0.325 e. The van der Waals surface area contributed by atoms with Gasteiger partial charge in [0.05, 0.1) is 0 Å². The Morgan fingerprint density at radius 1 is 1.14 bits per heavy atom. The van der Waals surface area contributed by atoms with Crippen molar-refractivity contribution in [1.29, 1.82) is 0 Å². The summed E-state index contributed by atoms with van der Waals surface area (Å²) in [6, 6.07) is 8.51. The van der Waals surface area contributed by atoms with E-state index < -0.39 is 11.6 Å². The number of carbonyl (C=O) groups excluding carboxylic acids is 3. The SMILES string of the molecule is O=C(CN1C(=O)NC2(CCCCC2)C1=O)Nc1ccccc1. The number of para-hydroxylation sites is 1. The second kappa shape index (κ2) is 5.79. The van der Waals surface area contributed by atoms with Gasteiger partial charge in [0, 0.05) is 5.69 Å². The Hall–Kier alpha value is -2.37. The quantitative estimate of drug-likeness (QED) is 0.837. The van der Waals surface area contributed by atoms with Crippen LogP contribution in [0.15, 0.2) is 30.3 Å². The molecule has 1 aliphatic carbocycles. The average Bonchev–Trinajstić information content (AvgIpc) is 2.73. The molecular formula is C16H19N3O3. The van der Waals surface area contributed by atoms with Crippen LogP contribution in [0.5, 0.6) is 0 Å². The molecule has 1 saturated heterocycles. The van der Waals surface area contributed by atoms with Crippen molar-refractivity contribution in [2.45, 2.75) is 37.6 Å². The molecule has 0 aromatic heterocycles. The summed E-state index contributed by atoms with van der Waals surface area (Å²) in [6.45, 7) is -0.249. The van der Waals surface area contributed by atoms with Crippen LogP contribution in [-0.4, -0.2) is 34.8 Å². The van der Waals surface area contributed by atoms with Gasteiger partial charge in [-0.05, 0) is 25.0 Å². The van der Waals surface area contributed by atoms with Gasteiger partial charge in [-0.1, -0.05) is 37.5 Å². The highest BCUT2D eigenvalue weighted by atomic mass is 16.2. The number of benzene rings is 1. The molecule has 6 heteroatoms. The first kappa shape index (κ1) is 14.6. The van der Waals surface area contributed by atoms with Gasteiger partial charge in [-0.2, -0.15) is 0 Å². The zero-order chi connectivity index (χ0) is 15.6. The Kier molecular flexibility index (Phi) is 3.83. The molecule has 22 heavy (non-hydrogen) atoms. The van der Waals surface area contributed by atoms with E-state index in [1.807, 2.05) is 6.07 Å². The first-order valence-corrected chi connectivity index (χ1v) is 7.60. The van der Waals surface area contributed by atoms with Crippen LogP contribution in [0.25, 0.3) is 0 Å². The Morgan fingerprint density at radius 2 is 1.82 bits per heavy atom. The maximum Gasteiger partial charge on any atom is 0.325 e. The molecule has 6 nitrogen and oxygen atoms in total. The maximum atomic E-state index is 12.5. The monoisotopic (exact) mass is 301 g/mol. The van der Waals surface area contributed by atoms with Gasteiger partial charge in [-0.15, -0.1) is 0 Å². The molecule has 116 valence electrons. The third-order valence-corrected chi connectivity index (χ3v) is 4.31. The fourth-order valence-corrected chi connectivity index (χ4v) is 3.18. The normalized spacial score (nSPS) is 20.1. The number of rotatable bonds is 3. The number of hydrogen-bond acceptors (Lipinski definition) is 3. The van der Waals surface area contributed by atoms with E-state index in [4.69, 9.17) is 0 Å². The molecule has 1 spiro atoms. The molecule has 2 N–H and O–H groups in total. The van der Waals surface area contributed by atoms with Gasteiger partial charge in [0.15, 0.2) is 0 Å². The van der Waals surface area contributed by atoms with E-state index in [0.29, 0.717) is 18.5 Å². The predicted molar refractivity (Wildman–Crippen MR) is 81.1 cm³/mol. The van der Waals surface area contributed by atoms with Crippen molar-refractivity contribution in [3.05, 3.63) is 30.3 Å². The van der Waals surface area contributed by atoms with Crippen molar-refractivity contribution in [1.82, 2.24) is 10.2 Å². The second-order valence-electron chi connectivity index (χ2n) is 5.88. The van der Waals surface area contributed by atoms with Crippen molar-refractivity contribution in [2.24, 2.45) is 0 Å². The lowest BCUT2D eigenvalue weighted by Crippen LogP contribution is -2.48. The van der Waals surface area contributed by atoms with E-state index in [1.54, 1.807) is 24.3 Å². The molecule has 0 atom stereocenters. The van der Waals surface area contributed by atoms with Gasteiger partial charge >= 0.3 is 6.03 Å². The third kappa shape index (κ3) is 2.68. The molecule has 0 bridgehead atoms. The van der Waals surface area contributed by atoms with Gasteiger partial charge in [-0.25, -0.2) is 4.79 Å². The van der Waals surface area contributed by atoms with Crippen molar-refractivity contribution >= 4 is 23.5 Å². The number of anilines is 1. The Balaban J connectivity index is 1.66. The van der Waals surface area contributed by atoms with E-state index in [2.05, 4.69) is 10.6 Å². The number of amides is 4. The summed E-state index contributed by atoms with van der Waals surface area (Å²) in [7, 11) is 0. The van der Waals surface area contributed by atoms with Crippen LogP contribution < -0.4 is 10.6 Å². The number of carbonyl (C=O) groups is 3. The smallest absolute Gasteiger partial charge is 0.325 e. The molecule has 1 aromatic rings. The highest BCUT2D eigenvalue weighted by Crippen LogP contribution is 2.33. The Labute approximate surface area is 128 Å². The molecule has 1 aromatic carbocycles. The summed E-state index contributed by atoms with van der Waals surface area (Å²) >= 11 is 0. The van der Waals surface area contributed by atoms with Gasteiger partial charge < -0.3 is 10.6 Å². The van der Waals surface area contributed by atoms with E-state index >= 15 is 0 Å². The molecule has 1 heterocycles. The molecule has 2 fully saturated rings. The minimum absolute atomic E-state index is 0.249. The van der Waals surface area contributed by atoms with Gasteiger partial charge in [0.25, 0.3) is 5.91 Å². The lowest BCUT2D eigenvalue weighted by atomic mass is 9.82. The lowest BCUT2D eigenvalue weighted by Gasteiger charge is -2.30. The van der Waals surface area contributed by atoms with E-state index in [0.717, 1.165) is 24.2 Å². The summed E-state index contributed by atoms with van der Waals surface area (Å²) in [4.78, 5) is 37.7. The lowest BCUT2D eigenvalue weighted by molar-refractivity contribution is -0.134. The third-order valence-electron chi connectivity index (χ3n) is 4.31. The van der Waals surface area contributed by atoms with Crippen LogP contribution in [0, 0.1) is 0 Å². The highest BCUT2D eigenvalue weighted by Gasteiger charge is 2.51. The van der Waals surface area contributed by atoms with Gasteiger partial charge in [0.1, 0.15) is 12.1 Å². The first-order valence-electron chi connectivity index (χ1n) is 7.60. The number of imide groups is 1. The molecule has 4 amide bonds. The molecule has 1 aliphatic heterocycles. The number of hydrogen-bond donors (Lipinski definition) is 2. The summed E-state index contributed by atoms with van der Waals surface area (Å²) in [5.74, 6) is -0.636. The van der Waals surface area contributed by atoms with Crippen LogP contribution in [0.2, 0.25) is 0 Å². The van der Waals surface area contributed by atoms with Crippen molar-refractivity contribution in [2.75, 3.05) is 11.9 Å². The molecule has 2 aliphatic rings. The highest BCUT2D eigenvalue weighted by molar-refractivity contribution is 6.10. The summed E-state index contributed by atoms with van der Waals surface area (Å²) in [6.07, 6.45) is 4.26. The van der Waals surface area contributed by atoms with E-state index in [1.165, 1.54) is 0 Å². The number of nitrogens with one attached hydrogen (secondary N) is 2. The first-order chi connectivity index (χ1) is 10.6. The van der Waals surface area contributed by atoms with Crippen molar-refractivity contribution in [3.8, 4) is 0 Å². The van der Waals surface area contributed by atoms with Gasteiger partial charge in [0.2, 0.25) is 5.91 Å². The molecule has 1 saturated carbocycles. The maximum absolute atomic E-state index is 12.5. The topological polar surface area (TPSA) is 78.5 Å². The Bertz CT molecular complexity index is 594. The van der Waals surface area contributed by atoms with Crippen LogP contribution in [0.4, 0.5) is 10.5 Å². The van der Waals surface area contributed by atoms with Crippen molar-refractivity contribution in [3.63, 3.8) is 0 Å².